The van der Waals surface area contributed by atoms with E-state index >= 15 is 0 Å². The number of anilines is 2. The van der Waals surface area contributed by atoms with Crippen LogP contribution in [-0.4, -0.2) is 9.97 Å². The van der Waals surface area contributed by atoms with Gasteiger partial charge in [-0.25, -0.2) is 14.4 Å². The Morgan fingerprint density at radius 3 is 2.55 bits per heavy atom. The van der Waals surface area contributed by atoms with E-state index in [2.05, 4.69) is 21.4 Å². The molecule has 2 aromatic heterocycles. The van der Waals surface area contributed by atoms with Crippen molar-refractivity contribution >= 4 is 53.4 Å². The van der Waals surface area contributed by atoms with E-state index in [1.807, 2.05) is 12.1 Å². The molecule has 0 saturated heterocycles. The Morgan fingerprint density at radius 1 is 0.955 bits per heavy atom. The molecular formula is C15H7FN4S2. The summed E-state index contributed by atoms with van der Waals surface area (Å²) in [6.45, 7) is 0. The van der Waals surface area contributed by atoms with Gasteiger partial charge in [0.2, 0.25) is 0 Å². The molecule has 106 valence electrons. The number of rotatable bonds is 2. The van der Waals surface area contributed by atoms with Crippen molar-refractivity contribution in [3.05, 3.63) is 47.8 Å². The van der Waals surface area contributed by atoms with Crippen LogP contribution < -0.4 is 5.32 Å². The highest BCUT2D eigenvalue weighted by Gasteiger charge is 2.09. The molecule has 0 radical (unpaired) electrons. The van der Waals surface area contributed by atoms with Crippen molar-refractivity contribution in [2.24, 2.45) is 0 Å². The standard InChI is InChI=1S/C15H7FN4S2/c16-9-2-4-12-11(6-9)19-15(21-12)20-14-18-10-3-1-8(7-17)5-13(10)22-14/h1-6H,(H,18,19,20). The van der Waals surface area contributed by atoms with E-state index in [9.17, 15) is 4.39 Å². The lowest BCUT2D eigenvalue weighted by atomic mass is 10.2. The quantitative estimate of drug-likeness (QED) is 0.582. The van der Waals surface area contributed by atoms with Crippen molar-refractivity contribution in [2.45, 2.75) is 0 Å². The third kappa shape index (κ3) is 2.28. The third-order valence-corrected chi connectivity index (χ3v) is 4.97. The van der Waals surface area contributed by atoms with Crippen LogP contribution in [0.15, 0.2) is 36.4 Å². The lowest BCUT2D eigenvalue weighted by Crippen LogP contribution is -1.87. The van der Waals surface area contributed by atoms with E-state index in [0.717, 1.165) is 14.9 Å². The van der Waals surface area contributed by atoms with Crippen molar-refractivity contribution in [3.8, 4) is 6.07 Å². The number of hydrogen-bond acceptors (Lipinski definition) is 6. The maximum absolute atomic E-state index is 13.2. The van der Waals surface area contributed by atoms with E-state index in [1.54, 1.807) is 12.1 Å². The summed E-state index contributed by atoms with van der Waals surface area (Å²) in [6, 6.07) is 12.0. The number of hydrogen-bond donors (Lipinski definition) is 1. The van der Waals surface area contributed by atoms with Gasteiger partial charge in [-0.05, 0) is 30.3 Å². The molecule has 0 fully saturated rings. The smallest absolute Gasteiger partial charge is 0.190 e. The Labute approximate surface area is 132 Å². The lowest BCUT2D eigenvalue weighted by molar-refractivity contribution is 0.629. The number of nitrogens with zero attached hydrogens (tertiary/aromatic N) is 3. The molecule has 0 aliphatic rings. The zero-order chi connectivity index (χ0) is 15.1. The zero-order valence-electron chi connectivity index (χ0n) is 11.0. The van der Waals surface area contributed by atoms with Gasteiger partial charge in [0, 0.05) is 6.07 Å². The Hall–Kier alpha value is -2.56. The molecule has 0 bridgehead atoms. The van der Waals surface area contributed by atoms with Crippen molar-refractivity contribution in [1.82, 2.24) is 9.97 Å². The molecule has 0 atom stereocenters. The van der Waals surface area contributed by atoms with Crippen LogP contribution in [0.25, 0.3) is 20.4 Å². The molecule has 1 N–H and O–H groups in total. The third-order valence-electron chi connectivity index (χ3n) is 3.08. The number of benzene rings is 2. The van der Waals surface area contributed by atoms with Crippen molar-refractivity contribution in [1.29, 1.82) is 5.26 Å². The number of thiazole rings is 2. The monoisotopic (exact) mass is 326 g/mol. The van der Waals surface area contributed by atoms with E-state index in [4.69, 9.17) is 5.26 Å². The van der Waals surface area contributed by atoms with E-state index in [-0.39, 0.29) is 5.82 Å². The Kier molecular flexibility index (Phi) is 2.99. The fourth-order valence-electron chi connectivity index (χ4n) is 2.09. The molecular weight excluding hydrogens is 319 g/mol. The number of aromatic nitrogens is 2. The van der Waals surface area contributed by atoms with Gasteiger partial charge in [-0.1, -0.05) is 22.7 Å². The Morgan fingerprint density at radius 2 is 1.73 bits per heavy atom. The average Bonchev–Trinajstić information content (AvgIpc) is 3.08. The minimum absolute atomic E-state index is 0.298. The first-order valence-electron chi connectivity index (χ1n) is 6.35. The molecule has 0 amide bonds. The van der Waals surface area contributed by atoms with Crippen molar-refractivity contribution in [2.75, 3.05) is 5.32 Å². The highest BCUT2D eigenvalue weighted by Crippen LogP contribution is 2.32. The summed E-state index contributed by atoms with van der Waals surface area (Å²) < 4.78 is 15.0. The van der Waals surface area contributed by atoms with Gasteiger partial charge in [0.15, 0.2) is 10.3 Å². The second kappa shape index (κ2) is 5.02. The average molecular weight is 326 g/mol. The Bertz CT molecular complexity index is 1040. The first-order chi connectivity index (χ1) is 10.7. The molecule has 4 rings (SSSR count). The summed E-state index contributed by atoms with van der Waals surface area (Å²) in [5.74, 6) is -0.298. The summed E-state index contributed by atoms with van der Waals surface area (Å²) >= 11 is 2.90. The van der Waals surface area contributed by atoms with Crippen LogP contribution in [0.1, 0.15) is 5.56 Å². The van der Waals surface area contributed by atoms with Gasteiger partial charge >= 0.3 is 0 Å². The van der Waals surface area contributed by atoms with Gasteiger partial charge in [0.25, 0.3) is 0 Å². The maximum Gasteiger partial charge on any atom is 0.190 e. The topological polar surface area (TPSA) is 61.6 Å². The van der Waals surface area contributed by atoms with Crippen LogP contribution in [0.5, 0.6) is 0 Å². The first kappa shape index (κ1) is 13.1. The van der Waals surface area contributed by atoms with E-state index < -0.39 is 0 Å². The first-order valence-corrected chi connectivity index (χ1v) is 7.98. The number of fused-ring (bicyclic) bond motifs is 2. The molecule has 22 heavy (non-hydrogen) atoms. The predicted molar refractivity (Wildman–Crippen MR) is 87.2 cm³/mol. The molecule has 4 nitrogen and oxygen atoms in total. The minimum atomic E-state index is -0.298. The van der Waals surface area contributed by atoms with Crippen LogP contribution >= 0.6 is 22.7 Å². The highest BCUT2D eigenvalue weighted by molar-refractivity contribution is 7.24. The number of nitriles is 1. The summed E-state index contributed by atoms with van der Waals surface area (Å²) in [7, 11) is 0. The summed E-state index contributed by atoms with van der Waals surface area (Å²) in [5, 5.41) is 13.4. The van der Waals surface area contributed by atoms with Gasteiger partial charge in [-0.15, -0.1) is 0 Å². The second-order valence-electron chi connectivity index (χ2n) is 4.57. The molecule has 0 unspecified atom stereocenters. The van der Waals surface area contributed by atoms with Gasteiger partial charge < -0.3 is 5.32 Å². The van der Waals surface area contributed by atoms with Crippen molar-refractivity contribution < 1.29 is 4.39 Å². The van der Waals surface area contributed by atoms with E-state index in [1.165, 1.54) is 34.8 Å². The van der Waals surface area contributed by atoms with Gasteiger partial charge in [-0.3, -0.25) is 0 Å². The summed E-state index contributed by atoms with van der Waals surface area (Å²) in [6.07, 6.45) is 0. The Balaban J connectivity index is 1.71. The molecule has 4 aromatic rings. The molecule has 0 aliphatic heterocycles. The van der Waals surface area contributed by atoms with Crippen LogP contribution in [0.2, 0.25) is 0 Å². The minimum Gasteiger partial charge on any atom is -0.307 e. The zero-order valence-corrected chi connectivity index (χ0v) is 12.6. The number of halogens is 1. The normalized spacial score (nSPS) is 10.9. The van der Waals surface area contributed by atoms with Gasteiger partial charge in [-0.2, -0.15) is 5.26 Å². The largest absolute Gasteiger partial charge is 0.307 e. The van der Waals surface area contributed by atoms with Gasteiger partial charge in [0.1, 0.15) is 5.82 Å². The van der Waals surface area contributed by atoms with Gasteiger partial charge in [0.05, 0.1) is 32.1 Å². The predicted octanol–water partition coefficient (Wildman–Crippen LogP) is 4.66. The summed E-state index contributed by atoms with van der Waals surface area (Å²) in [5.41, 5.74) is 2.07. The maximum atomic E-state index is 13.2. The van der Waals surface area contributed by atoms with Crippen LogP contribution in [-0.2, 0) is 0 Å². The number of nitrogens with one attached hydrogen (secondary N) is 1. The van der Waals surface area contributed by atoms with Crippen LogP contribution in [0.4, 0.5) is 14.7 Å². The molecule has 2 heterocycles. The van der Waals surface area contributed by atoms with Crippen LogP contribution in [0.3, 0.4) is 0 Å². The second-order valence-corrected chi connectivity index (χ2v) is 6.63. The molecule has 0 spiro atoms. The van der Waals surface area contributed by atoms with Crippen LogP contribution in [0, 0.1) is 17.1 Å². The fourth-order valence-corrected chi connectivity index (χ4v) is 3.91. The molecule has 7 heteroatoms. The highest BCUT2D eigenvalue weighted by atomic mass is 32.1. The molecule has 2 aromatic carbocycles. The SMILES string of the molecule is N#Cc1ccc2nc(Nc3nc4cc(F)ccc4s3)sc2c1. The van der Waals surface area contributed by atoms with Crippen molar-refractivity contribution in [3.63, 3.8) is 0 Å². The summed E-state index contributed by atoms with van der Waals surface area (Å²) in [4.78, 5) is 8.82. The lowest BCUT2D eigenvalue weighted by Gasteiger charge is -1.93. The molecule has 0 saturated carbocycles. The molecule has 0 aliphatic carbocycles. The fraction of sp³-hybridized carbons (Fsp3) is 0. The van der Waals surface area contributed by atoms with E-state index in [0.29, 0.717) is 21.3 Å².